The van der Waals surface area contributed by atoms with Gasteiger partial charge in [0.15, 0.2) is 9.84 Å². The molecule has 0 aromatic rings. The molecule has 4 heteroatoms. The van der Waals surface area contributed by atoms with Gasteiger partial charge in [0.1, 0.15) is 0 Å². The van der Waals surface area contributed by atoms with E-state index in [1.807, 2.05) is 0 Å². The molecule has 82 valence electrons. The normalized spacial score (nSPS) is 35.6. The van der Waals surface area contributed by atoms with Gasteiger partial charge < -0.3 is 5.73 Å². The molecule has 2 aliphatic rings. The first kappa shape index (κ1) is 10.4. The van der Waals surface area contributed by atoms with Gasteiger partial charge in [-0.3, -0.25) is 0 Å². The summed E-state index contributed by atoms with van der Waals surface area (Å²) in [6, 6.07) is 0. The van der Waals surface area contributed by atoms with Gasteiger partial charge in [0.05, 0.1) is 11.0 Å². The van der Waals surface area contributed by atoms with Crippen LogP contribution in [0.3, 0.4) is 0 Å². The second kappa shape index (κ2) is 3.49. The summed E-state index contributed by atoms with van der Waals surface area (Å²) in [5, 5.41) is -0.240. The number of hydrogen-bond acceptors (Lipinski definition) is 3. The Balaban J connectivity index is 2.20. The molecule has 1 saturated heterocycles. The van der Waals surface area contributed by atoms with Crippen LogP contribution in [0.15, 0.2) is 0 Å². The lowest BCUT2D eigenvalue weighted by Gasteiger charge is -2.37. The van der Waals surface area contributed by atoms with Crippen molar-refractivity contribution in [1.29, 1.82) is 0 Å². The Bertz CT molecular complexity index is 304. The molecular formula is C10H19NO2S. The quantitative estimate of drug-likeness (QED) is 0.718. The van der Waals surface area contributed by atoms with Crippen LogP contribution in [0.25, 0.3) is 0 Å². The number of sulfone groups is 1. The highest BCUT2D eigenvalue weighted by Crippen LogP contribution is 2.37. The van der Waals surface area contributed by atoms with Crippen LogP contribution in [0.4, 0.5) is 0 Å². The second-order valence-electron chi connectivity index (χ2n) is 4.79. The van der Waals surface area contributed by atoms with E-state index in [2.05, 4.69) is 0 Å². The average molecular weight is 217 g/mol. The molecule has 2 fully saturated rings. The largest absolute Gasteiger partial charge is 0.324 e. The van der Waals surface area contributed by atoms with Crippen molar-refractivity contribution in [3.63, 3.8) is 0 Å². The molecule has 2 N–H and O–H groups in total. The standard InChI is InChI=1S/C10H19NO2S/c11-10(6-2-1-3-7-10)9-5-4-8-14(9,12)13/h9H,1-8,11H2/t9-/m0/s1. The molecule has 0 radical (unpaired) electrons. The average Bonchev–Trinajstić information content (AvgIpc) is 2.47. The SMILES string of the molecule is NC1([C@@H]2CCCS2(=O)=O)CCCCC1. The van der Waals surface area contributed by atoms with Gasteiger partial charge in [-0.1, -0.05) is 19.3 Å². The lowest BCUT2D eigenvalue weighted by atomic mass is 9.79. The van der Waals surface area contributed by atoms with Crippen LogP contribution in [0.5, 0.6) is 0 Å². The zero-order valence-electron chi connectivity index (χ0n) is 8.54. The van der Waals surface area contributed by atoms with Gasteiger partial charge in [0.25, 0.3) is 0 Å². The summed E-state index contributed by atoms with van der Waals surface area (Å²) >= 11 is 0. The summed E-state index contributed by atoms with van der Waals surface area (Å²) < 4.78 is 23.6. The molecule has 2 rings (SSSR count). The van der Waals surface area contributed by atoms with Crippen LogP contribution < -0.4 is 5.73 Å². The third kappa shape index (κ3) is 1.70. The Morgan fingerprint density at radius 3 is 2.21 bits per heavy atom. The molecule has 0 bridgehead atoms. The minimum absolute atomic E-state index is 0.240. The maximum absolute atomic E-state index is 11.8. The number of nitrogens with two attached hydrogens (primary N) is 1. The maximum Gasteiger partial charge on any atom is 0.154 e. The predicted molar refractivity (Wildman–Crippen MR) is 56.8 cm³/mol. The van der Waals surface area contributed by atoms with E-state index in [4.69, 9.17) is 5.73 Å². The Labute approximate surface area is 86.0 Å². The van der Waals surface area contributed by atoms with Crippen LogP contribution in [0, 0.1) is 0 Å². The fourth-order valence-electron chi connectivity index (χ4n) is 2.97. The highest BCUT2D eigenvalue weighted by Gasteiger charge is 2.46. The Morgan fingerprint density at radius 2 is 1.71 bits per heavy atom. The van der Waals surface area contributed by atoms with Crippen molar-refractivity contribution < 1.29 is 8.42 Å². The van der Waals surface area contributed by atoms with Gasteiger partial charge in [-0.05, 0) is 25.7 Å². The Kier molecular flexibility index (Phi) is 2.60. The predicted octanol–water partition coefficient (Wildman–Crippen LogP) is 1.23. The van der Waals surface area contributed by atoms with E-state index >= 15 is 0 Å². The molecule has 1 atom stereocenters. The molecule has 0 amide bonds. The lowest BCUT2D eigenvalue weighted by molar-refractivity contribution is 0.279. The molecule has 0 aromatic heterocycles. The minimum Gasteiger partial charge on any atom is -0.324 e. The van der Waals surface area contributed by atoms with Crippen LogP contribution in [-0.2, 0) is 9.84 Å². The van der Waals surface area contributed by atoms with Gasteiger partial charge >= 0.3 is 0 Å². The number of hydrogen-bond donors (Lipinski definition) is 1. The maximum atomic E-state index is 11.8. The van der Waals surface area contributed by atoms with Gasteiger partial charge in [-0.25, -0.2) is 8.42 Å². The first-order chi connectivity index (χ1) is 6.55. The molecule has 1 aliphatic heterocycles. The second-order valence-corrected chi connectivity index (χ2v) is 7.09. The van der Waals surface area contributed by atoms with E-state index in [1.165, 1.54) is 6.42 Å². The summed E-state index contributed by atoms with van der Waals surface area (Å²) in [6.45, 7) is 0. The van der Waals surface area contributed by atoms with Crippen molar-refractivity contribution in [1.82, 2.24) is 0 Å². The minimum atomic E-state index is -2.87. The van der Waals surface area contributed by atoms with Gasteiger partial charge in [-0.2, -0.15) is 0 Å². The zero-order chi connectivity index (χ0) is 10.2. The highest BCUT2D eigenvalue weighted by atomic mass is 32.2. The first-order valence-electron chi connectivity index (χ1n) is 5.55. The molecule has 0 aromatic carbocycles. The third-order valence-electron chi connectivity index (χ3n) is 3.75. The van der Waals surface area contributed by atoms with Crippen molar-refractivity contribution in [2.24, 2.45) is 5.73 Å². The summed E-state index contributed by atoms with van der Waals surface area (Å²) in [5.41, 5.74) is 5.87. The summed E-state index contributed by atoms with van der Waals surface area (Å²) in [4.78, 5) is 0. The van der Waals surface area contributed by atoms with Crippen molar-refractivity contribution in [3.8, 4) is 0 Å². The van der Waals surface area contributed by atoms with Gasteiger partial charge in [0.2, 0.25) is 0 Å². The fourth-order valence-corrected chi connectivity index (χ4v) is 5.30. The van der Waals surface area contributed by atoms with Crippen LogP contribution in [-0.4, -0.2) is 25.0 Å². The molecule has 1 heterocycles. The molecule has 14 heavy (non-hydrogen) atoms. The van der Waals surface area contributed by atoms with E-state index in [0.717, 1.165) is 38.5 Å². The topological polar surface area (TPSA) is 60.2 Å². The molecule has 1 saturated carbocycles. The fraction of sp³-hybridized carbons (Fsp3) is 1.00. The van der Waals surface area contributed by atoms with Gasteiger partial charge in [-0.15, -0.1) is 0 Å². The molecule has 0 spiro atoms. The van der Waals surface area contributed by atoms with E-state index in [1.54, 1.807) is 0 Å². The third-order valence-corrected chi connectivity index (χ3v) is 6.18. The smallest absolute Gasteiger partial charge is 0.154 e. The first-order valence-corrected chi connectivity index (χ1v) is 7.27. The molecule has 3 nitrogen and oxygen atoms in total. The molecule has 0 unspecified atom stereocenters. The van der Waals surface area contributed by atoms with E-state index in [-0.39, 0.29) is 5.25 Å². The monoisotopic (exact) mass is 217 g/mol. The highest BCUT2D eigenvalue weighted by molar-refractivity contribution is 7.92. The zero-order valence-corrected chi connectivity index (χ0v) is 9.35. The van der Waals surface area contributed by atoms with Crippen molar-refractivity contribution in [2.45, 2.75) is 55.7 Å². The summed E-state index contributed by atoms with van der Waals surface area (Å²) in [6.07, 6.45) is 6.81. The van der Waals surface area contributed by atoms with Crippen molar-refractivity contribution in [3.05, 3.63) is 0 Å². The summed E-state index contributed by atoms with van der Waals surface area (Å²) in [7, 11) is -2.87. The Hall–Kier alpha value is -0.0900. The summed E-state index contributed by atoms with van der Waals surface area (Å²) in [5.74, 6) is 0.358. The van der Waals surface area contributed by atoms with Crippen LogP contribution >= 0.6 is 0 Å². The van der Waals surface area contributed by atoms with E-state index < -0.39 is 15.4 Å². The van der Waals surface area contributed by atoms with Crippen LogP contribution in [0.1, 0.15) is 44.9 Å². The van der Waals surface area contributed by atoms with Crippen molar-refractivity contribution in [2.75, 3.05) is 5.75 Å². The van der Waals surface area contributed by atoms with E-state index in [9.17, 15) is 8.42 Å². The van der Waals surface area contributed by atoms with Crippen LogP contribution in [0.2, 0.25) is 0 Å². The molecule has 1 aliphatic carbocycles. The van der Waals surface area contributed by atoms with E-state index in [0.29, 0.717) is 5.75 Å². The number of rotatable bonds is 1. The molecular weight excluding hydrogens is 198 g/mol. The Morgan fingerprint density at radius 1 is 1.07 bits per heavy atom. The van der Waals surface area contributed by atoms with Gasteiger partial charge in [0, 0.05) is 5.54 Å². The lowest BCUT2D eigenvalue weighted by Crippen LogP contribution is -2.53. The van der Waals surface area contributed by atoms with Crippen molar-refractivity contribution >= 4 is 9.84 Å².